The Bertz CT molecular complexity index is 527. The van der Waals surface area contributed by atoms with Gasteiger partial charge in [0, 0.05) is 27.9 Å². The Morgan fingerprint density at radius 1 is 1.25 bits per heavy atom. The molecule has 0 aliphatic rings. The summed E-state index contributed by atoms with van der Waals surface area (Å²) >= 11 is 23.1. The Hall–Kier alpha value is 0.200. The van der Waals surface area contributed by atoms with Gasteiger partial charge in [0.25, 0.3) is 0 Å². The van der Waals surface area contributed by atoms with Crippen LogP contribution in [0.15, 0.2) is 23.7 Å². The van der Waals surface area contributed by atoms with Crippen LogP contribution in [0.4, 0.5) is 0 Å². The van der Waals surface area contributed by atoms with Gasteiger partial charge in [-0.2, -0.15) is 0 Å². The van der Waals surface area contributed by atoms with E-state index in [1.807, 2.05) is 13.8 Å². The first-order chi connectivity index (χ1) is 9.45. The van der Waals surface area contributed by atoms with Gasteiger partial charge in [-0.15, -0.1) is 0 Å². The lowest BCUT2D eigenvalue weighted by atomic mass is 10.2. The topological polar surface area (TPSA) is 27.7 Å². The van der Waals surface area contributed by atoms with Crippen molar-refractivity contribution in [1.29, 1.82) is 0 Å². The molecule has 3 nitrogen and oxygen atoms in total. The normalized spacial score (nSPS) is 12.6. The zero-order valence-corrected chi connectivity index (χ0v) is 14.9. The molecule has 0 unspecified atom stereocenters. The number of hydrogen-bond acceptors (Lipinski definition) is 4. The predicted molar refractivity (Wildman–Crippen MR) is 88.9 cm³/mol. The van der Waals surface area contributed by atoms with Gasteiger partial charge < -0.3 is 4.52 Å². The van der Waals surface area contributed by atoms with E-state index >= 15 is 0 Å². The van der Waals surface area contributed by atoms with E-state index in [1.165, 1.54) is 5.54 Å². The second kappa shape index (κ2) is 8.60. The molecule has 0 saturated carbocycles. The molecule has 1 rings (SSSR count). The Kier molecular flexibility index (Phi) is 7.84. The summed E-state index contributed by atoms with van der Waals surface area (Å²) in [6.07, 6.45) is 0. The highest BCUT2D eigenvalue weighted by Crippen LogP contribution is 2.53. The van der Waals surface area contributed by atoms with E-state index in [1.54, 1.807) is 18.2 Å². The Morgan fingerprint density at radius 2 is 1.85 bits per heavy atom. The van der Waals surface area contributed by atoms with Crippen molar-refractivity contribution in [2.24, 2.45) is 0 Å². The van der Waals surface area contributed by atoms with E-state index in [0.717, 1.165) is 0 Å². The number of rotatable bonds is 7. The van der Waals surface area contributed by atoms with Gasteiger partial charge in [0.2, 0.25) is 0 Å². The van der Waals surface area contributed by atoms with E-state index < -0.39 is 6.72 Å². The van der Waals surface area contributed by atoms with Gasteiger partial charge >= 0.3 is 6.72 Å². The lowest BCUT2D eigenvalue weighted by molar-refractivity contribution is 0.210. The van der Waals surface area contributed by atoms with E-state index in [-0.39, 0.29) is 0 Å². The molecule has 0 saturated heterocycles. The molecule has 0 radical (unpaired) electrons. The zero-order chi connectivity index (χ0) is 15.2. The molecule has 112 valence electrons. The van der Waals surface area contributed by atoms with Crippen LogP contribution in [-0.4, -0.2) is 13.2 Å². The minimum atomic E-state index is -2.90. The molecule has 0 amide bonds. The predicted octanol–water partition coefficient (Wildman–Crippen LogP) is 5.84. The Balaban J connectivity index is 3.05. The van der Waals surface area contributed by atoms with Crippen molar-refractivity contribution >= 4 is 59.1 Å². The summed E-state index contributed by atoms with van der Waals surface area (Å²) in [7, 11) is 0. The molecule has 1 aromatic carbocycles. The average Bonchev–Trinajstić information content (AvgIpc) is 2.37. The highest BCUT2D eigenvalue weighted by atomic mass is 35.5. The van der Waals surface area contributed by atoms with Gasteiger partial charge in [-0.1, -0.05) is 34.8 Å². The number of hydrogen-bond donors (Lipinski definition) is 0. The first-order valence-corrected chi connectivity index (χ1v) is 9.55. The SMILES string of the molecule is CCOP(=S)(OCC)O/C(=C\Cl)c1ccc(Cl)cc1Cl. The van der Waals surface area contributed by atoms with E-state index in [0.29, 0.717) is 34.6 Å². The lowest BCUT2D eigenvalue weighted by Gasteiger charge is -2.22. The van der Waals surface area contributed by atoms with E-state index in [9.17, 15) is 0 Å². The molecule has 0 heterocycles. The molecule has 20 heavy (non-hydrogen) atoms. The third-order valence-corrected chi connectivity index (χ3v) is 5.25. The van der Waals surface area contributed by atoms with Crippen molar-refractivity contribution in [3.8, 4) is 0 Å². The Morgan fingerprint density at radius 3 is 2.30 bits per heavy atom. The van der Waals surface area contributed by atoms with Crippen LogP contribution in [-0.2, 0) is 25.4 Å². The molecule has 0 aliphatic heterocycles. The van der Waals surface area contributed by atoms with Gasteiger partial charge in [-0.05, 0) is 32.0 Å². The summed E-state index contributed by atoms with van der Waals surface area (Å²) in [4.78, 5) is 0. The van der Waals surface area contributed by atoms with Gasteiger partial charge in [0.05, 0.1) is 18.2 Å². The molecule has 0 aliphatic carbocycles. The fourth-order valence-corrected chi connectivity index (χ4v) is 4.15. The molecule has 8 heteroatoms. The van der Waals surface area contributed by atoms with Crippen molar-refractivity contribution in [2.45, 2.75) is 13.8 Å². The summed E-state index contributed by atoms with van der Waals surface area (Å²) in [5, 5.41) is 0.917. The summed E-state index contributed by atoms with van der Waals surface area (Å²) in [6.45, 7) is 1.47. The highest BCUT2D eigenvalue weighted by molar-refractivity contribution is 8.07. The standard InChI is InChI=1S/C12H14Cl3O3PS/c1-3-16-19(20,17-4-2)18-12(8-13)10-6-5-9(14)7-11(10)15/h5-8H,3-4H2,1-2H3/b12-8-. The third kappa shape index (κ3) is 5.19. The second-order valence-electron chi connectivity index (χ2n) is 3.47. The van der Waals surface area contributed by atoms with Gasteiger partial charge in [0.1, 0.15) is 5.76 Å². The molecule has 0 N–H and O–H groups in total. The molecule has 1 aromatic rings. The van der Waals surface area contributed by atoms with Crippen LogP contribution in [0.5, 0.6) is 0 Å². The fraction of sp³-hybridized carbons (Fsp3) is 0.333. The molecule has 0 bridgehead atoms. The van der Waals surface area contributed by atoms with Crippen molar-refractivity contribution in [2.75, 3.05) is 13.2 Å². The van der Waals surface area contributed by atoms with Crippen molar-refractivity contribution in [3.05, 3.63) is 39.3 Å². The van der Waals surface area contributed by atoms with Gasteiger partial charge in [0.15, 0.2) is 0 Å². The summed E-state index contributed by atoms with van der Waals surface area (Å²) in [5.41, 5.74) is 1.81. The maximum Gasteiger partial charge on any atom is 0.380 e. The minimum absolute atomic E-state index is 0.290. The van der Waals surface area contributed by atoms with Crippen molar-refractivity contribution in [1.82, 2.24) is 0 Å². The van der Waals surface area contributed by atoms with E-state index in [2.05, 4.69) is 0 Å². The van der Waals surface area contributed by atoms with Crippen LogP contribution in [0, 0.1) is 0 Å². The molecule has 0 aromatic heterocycles. The van der Waals surface area contributed by atoms with Crippen LogP contribution in [0.2, 0.25) is 10.0 Å². The minimum Gasteiger partial charge on any atom is -0.422 e. The lowest BCUT2D eigenvalue weighted by Crippen LogP contribution is -2.00. The molecular weight excluding hydrogens is 362 g/mol. The van der Waals surface area contributed by atoms with Crippen LogP contribution in [0.25, 0.3) is 5.76 Å². The van der Waals surface area contributed by atoms with Gasteiger partial charge in [-0.3, -0.25) is 9.05 Å². The average molecular weight is 376 g/mol. The zero-order valence-electron chi connectivity index (χ0n) is 10.9. The van der Waals surface area contributed by atoms with Crippen LogP contribution < -0.4 is 0 Å². The summed E-state index contributed by atoms with van der Waals surface area (Å²) in [6, 6.07) is 4.96. The maximum absolute atomic E-state index is 6.12. The summed E-state index contributed by atoms with van der Waals surface area (Å²) < 4.78 is 16.5. The van der Waals surface area contributed by atoms with Crippen molar-refractivity contribution < 1.29 is 13.6 Å². The molecule has 0 atom stereocenters. The highest BCUT2D eigenvalue weighted by Gasteiger charge is 2.24. The Labute approximate surface area is 139 Å². The number of benzene rings is 1. The fourth-order valence-electron chi connectivity index (χ4n) is 1.34. The van der Waals surface area contributed by atoms with Gasteiger partial charge in [-0.25, -0.2) is 0 Å². The summed E-state index contributed by atoms with van der Waals surface area (Å²) in [5.74, 6) is 0.290. The number of halogens is 3. The largest absolute Gasteiger partial charge is 0.422 e. The van der Waals surface area contributed by atoms with E-state index in [4.69, 9.17) is 60.2 Å². The van der Waals surface area contributed by atoms with Crippen LogP contribution in [0.3, 0.4) is 0 Å². The van der Waals surface area contributed by atoms with Crippen molar-refractivity contribution in [3.63, 3.8) is 0 Å². The maximum atomic E-state index is 6.12. The molecule has 0 spiro atoms. The van der Waals surface area contributed by atoms with Crippen LogP contribution >= 0.6 is 41.5 Å². The quantitative estimate of drug-likeness (QED) is 0.442. The molecular formula is C12H14Cl3O3PS. The van der Waals surface area contributed by atoms with Crippen LogP contribution in [0.1, 0.15) is 19.4 Å². The first kappa shape index (κ1) is 18.2. The second-order valence-corrected chi connectivity index (χ2v) is 7.47. The smallest absolute Gasteiger partial charge is 0.380 e. The third-order valence-electron chi connectivity index (χ3n) is 2.08. The first-order valence-electron chi connectivity index (χ1n) is 5.80. The monoisotopic (exact) mass is 374 g/mol. The molecule has 0 fully saturated rings.